The quantitative estimate of drug-likeness (QED) is 0.670. The van der Waals surface area contributed by atoms with Gasteiger partial charge in [0.2, 0.25) is 5.89 Å². The summed E-state index contributed by atoms with van der Waals surface area (Å²) in [5.41, 5.74) is 1.95. The minimum absolute atomic E-state index is 0.334. The lowest BCUT2D eigenvalue weighted by atomic mass is 10.3. The second-order valence-corrected chi connectivity index (χ2v) is 4.14. The van der Waals surface area contributed by atoms with Crippen molar-refractivity contribution in [2.75, 3.05) is 0 Å². The van der Waals surface area contributed by atoms with E-state index in [9.17, 15) is 4.39 Å². The molecule has 0 spiro atoms. The molecule has 0 saturated heterocycles. The average molecular weight is 266 g/mol. The number of oxazole rings is 1. The van der Waals surface area contributed by atoms with Crippen LogP contribution in [0.5, 0.6) is 0 Å². The summed E-state index contributed by atoms with van der Waals surface area (Å²) in [5.74, 6) is 0.107. The predicted octanol–water partition coefficient (Wildman–Crippen LogP) is 4.09. The standard InChI is InChI=1S/C16H11FN2O/c17-12-8-9-14-15(11-12)20-16(19-14)7-2-1-5-13-6-3-4-10-18-13/h1-11H/b5-1+,7-2+. The van der Waals surface area contributed by atoms with Crippen molar-refractivity contribution >= 4 is 23.3 Å². The van der Waals surface area contributed by atoms with Gasteiger partial charge in [-0.05, 0) is 30.3 Å². The number of rotatable bonds is 3. The molecule has 3 aromatic rings. The van der Waals surface area contributed by atoms with Gasteiger partial charge in [0.05, 0.1) is 5.69 Å². The van der Waals surface area contributed by atoms with Gasteiger partial charge in [-0.15, -0.1) is 0 Å². The second kappa shape index (κ2) is 5.48. The van der Waals surface area contributed by atoms with Gasteiger partial charge < -0.3 is 4.42 Å². The van der Waals surface area contributed by atoms with Gasteiger partial charge in [-0.1, -0.05) is 18.2 Å². The predicted molar refractivity (Wildman–Crippen MR) is 76.3 cm³/mol. The van der Waals surface area contributed by atoms with Gasteiger partial charge in [0.15, 0.2) is 5.58 Å². The first kappa shape index (κ1) is 12.3. The van der Waals surface area contributed by atoms with Crippen molar-refractivity contribution in [1.29, 1.82) is 0 Å². The highest BCUT2D eigenvalue weighted by Crippen LogP contribution is 2.17. The van der Waals surface area contributed by atoms with Crippen molar-refractivity contribution in [1.82, 2.24) is 9.97 Å². The monoisotopic (exact) mass is 266 g/mol. The highest BCUT2D eigenvalue weighted by Gasteiger charge is 2.03. The van der Waals surface area contributed by atoms with Gasteiger partial charge in [0, 0.05) is 18.3 Å². The Hall–Kier alpha value is -2.75. The zero-order valence-corrected chi connectivity index (χ0v) is 10.5. The van der Waals surface area contributed by atoms with Crippen molar-refractivity contribution in [2.45, 2.75) is 0 Å². The number of benzene rings is 1. The Balaban J connectivity index is 1.76. The molecule has 0 saturated carbocycles. The van der Waals surface area contributed by atoms with Crippen LogP contribution in [0.25, 0.3) is 23.3 Å². The summed E-state index contributed by atoms with van der Waals surface area (Å²) >= 11 is 0. The summed E-state index contributed by atoms with van der Waals surface area (Å²) in [6.45, 7) is 0. The molecule has 0 bridgehead atoms. The Bertz CT molecular complexity index is 776. The number of hydrogen-bond acceptors (Lipinski definition) is 3. The number of nitrogens with zero attached hydrogens (tertiary/aromatic N) is 2. The fourth-order valence-corrected chi connectivity index (χ4v) is 1.75. The van der Waals surface area contributed by atoms with E-state index < -0.39 is 0 Å². The Morgan fingerprint density at radius 1 is 1.05 bits per heavy atom. The zero-order valence-electron chi connectivity index (χ0n) is 10.5. The molecule has 98 valence electrons. The van der Waals surface area contributed by atoms with Crippen LogP contribution in [-0.2, 0) is 0 Å². The molecular formula is C16H11FN2O. The molecule has 0 fully saturated rings. The Morgan fingerprint density at radius 3 is 2.80 bits per heavy atom. The molecule has 1 aromatic carbocycles. The van der Waals surface area contributed by atoms with Crippen molar-refractivity contribution in [3.05, 3.63) is 72.1 Å². The molecule has 3 rings (SSSR count). The van der Waals surface area contributed by atoms with E-state index in [1.807, 2.05) is 30.4 Å². The summed E-state index contributed by atoms with van der Waals surface area (Å²) in [5, 5.41) is 0. The molecule has 4 heteroatoms. The van der Waals surface area contributed by atoms with E-state index in [0.717, 1.165) is 5.69 Å². The molecule has 0 aliphatic rings. The third-order valence-electron chi connectivity index (χ3n) is 2.67. The van der Waals surface area contributed by atoms with Gasteiger partial charge in [0.1, 0.15) is 11.3 Å². The van der Waals surface area contributed by atoms with Crippen LogP contribution in [0, 0.1) is 5.82 Å². The number of halogens is 1. The first-order valence-corrected chi connectivity index (χ1v) is 6.13. The van der Waals surface area contributed by atoms with Crippen LogP contribution in [0.4, 0.5) is 4.39 Å². The van der Waals surface area contributed by atoms with Crippen LogP contribution in [0.1, 0.15) is 11.6 Å². The molecule has 0 aliphatic heterocycles. The molecule has 0 radical (unpaired) electrons. The fourth-order valence-electron chi connectivity index (χ4n) is 1.75. The lowest BCUT2D eigenvalue weighted by Gasteiger charge is -1.87. The maximum atomic E-state index is 13.0. The molecule has 20 heavy (non-hydrogen) atoms. The van der Waals surface area contributed by atoms with Gasteiger partial charge in [-0.3, -0.25) is 4.98 Å². The first-order chi connectivity index (χ1) is 9.81. The number of aromatic nitrogens is 2. The summed E-state index contributed by atoms with van der Waals surface area (Å²) < 4.78 is 18.4. The lowest BCUT2D eigenvalue weighted by molar-refractivity contribution is 0.580. The van der Waals surface area contributed by atoms with Gasteiger partial charge in [-0.2, -0.15) is 0 Å². The van der Waals surface area contributed by atoms with Crippen molar-refractivity contribution in [3.8, 4) is 0 Å². The van der Waals surface area contributed by atoms with E-state index in [1.54, 1.807) is 24.4 Å². The number of fused-ring (bicyclic) bond motifs is 1. The maximum absolute atomic E-state index is 13.0. The number of hydrogen-bond donors (Lipinski definition) is 0. The maximum Gasteiger partial charge on any atom is 0.219 e. The second-order valence-electron chi connectivity index (χ2n) is 4.14. The van der Waals surface area contributed by atoms with Gasteiger partial charge in [-0.25, -0.2) is 9.37 Å². The first-order valence-electron chi connectivity index (χ1n) is 6.13. The van der Waals surface area contributed by atoms with Crippen molar-refractivity contribution < 1.29 is 8.81 Å². The Labute approximate surface area is 115 Å². The van der Waals surface area contributed by atoms with E-state index in [1.165, 1.54) is 12.1 Å². The highest BCUT2D eigenvalue weighted by atomic mass is 19.1. The topological polar surface area (TPSA) is 38.9 Å². The summed E-state index contributed by atoms with van der Waals surface area (Å²) in [6.07, 6.45) is 8.97. The van der Waals surface area contributed by atoms with Crippen LogP contribution in [-0.4, -0.2) is 9.97 Å². The Kier molecular flexibility index (Phi) is 3.37. The summed E-state index contributed by atoms with van der Waals surface area (Å²) in [4.78, 5) is 8.40. The third-order valence-corrected chi connectivity index (χ3v) is 2.67. The fraction of sp³-hybridized carbons (Fsp3) is 0. The van der Waals surface area contributed by atoms with E-state index in [4.69, 9.17) is 4.42 Å². The molecule has 0 atom stereocenters. The normalized spacial score (nSPS) is 11.8. The SMILES string of the molecule is Fc1ccc2nc(/C=C/C=C/c3ccccn3)oc2c1. The third kappa shape index (κ3) is 2.80. The molecule has 2 heterocycles. The number of pyridine rings is 1. The summed E-state index contributed by atoms with van der Waals surface area (Å²) in [7, 11) is 0. The summed E-state index contributed by atoms with van der Waals surface area (Å²) in [6, 6.07) is 9.97. The van der Waals surface area contributed by atoms with Crippen LogP contribution in [0.15, 0.2) is 59.2 Å². The van der Waals surface area contributed by atoms with E-state index in [0.29, 0.717) is 17.0 Å². The van der Waals surface area contributed by atoms with E-state index in [2.05, 4.69) is 9.97 Å². The van der Waals surface area contributed by atoms with Gasteiger partial charge >= 0.3 is 0 Å². The molecule has 0 unspecified atom stereocenters. The molecule has 3 nitrogen and oxygen atoms in total. The largest absolute Gasteiger partial charge is 0.437 e. The molecular weight excluding hydrogens is 255 g/mol. The minimum atomic E-state index is -0.334. The Morgan fingerprint density at radius 2 is 1.95 bits per heavy atom. The average Bonchev–Trinajstić information content (AvgIpc) is 2.86. The highest BCUT2D eigenvalue weighted by molar-refractivity contribution is 5.74. The van der Waals surface area contributed by atoms with E-state index in [-0.39, 0.29) is 5.82 Å². The van der Waals surface area contributed by atoms with E-state index >= 15 is 0 Å². The molecule has 2 aromatic heterocycles. The number of allylic oxidation sites excluding steroid dienone is 2. The molecule has 0 amide bonds. The molecule has 0 aliphatic carbocycles. The van der Waals surface area contributed by atoms with Crippen molar-refractivity contribution in [2.24, 2.45) is 0 Å². The smallest absolute Gasteiger partial charge is 0.219 e. The minimum Gasteiger partial charge on any atom is -0.437 e. The van der Waals surface area contributed by atoms with Crippen LogP contribution in [0.3, 0.4) is 0 Å². The van der Waals surface area contributed by atoms with Crippen molar-refractivity contribution in [3.63, 3.8) is 0 Å². The van der Waals surface area contributed by atoms with Crippen LogP contribution >= 0.6 is 0 Å². The van der Waals surface area contributed by atoms with Crippen LogP contribution in [0.2, 0.25) is 0 Å². The lowest BCUT2D eigenvalue weighted by Crippen LogP contribution is -1.75. The van der Waals surface area contributed by atoms with Crippen LogP contribution < -0.4 is 0 Å². The zero-order chi connectivity index (χ0) is 13.8. The molecule has 0 N–H and O–H groups in total. The van der Waals surface area contributed by atoms with Gasteiger partial charge in [0.25, 0.3) is 0 Å².